The molecule has 0 fully saturated rings. The van der Waals surface area contributed by atoms with Gasteiger partial charge in [-0.2, -0.15) is 5.26 Å². The Labute approximate surface area is 147 Å². The van der Waals surface area contributed by atoms with Crippen LogP contribution in [0, 0.1) is 11.3 Å². The Morgan fingerprint density at radius 2 is 1.92 bits per heavy atom. The van der Waals surface area contributed by atoms with Crippen LogP contribution in [0.4, 0.5) is 0 Å². The first kappa shape index (κ1) is 16.8. The normalized spacial score (nSPS) is 10.6. The zero-order valence-corrected chi connectivity index (χ0v) is 14.3. The van der Waals surface area contributed by atoms with Crippen LogP contribution in [0.2, 0.25) is 0 Å². The van der Waals surface area contributed by atoms with E-state index in [1.54, 1.807) is 17.0 Å². The molecule has 1 amide bonds. The van der Waals surface area contributed by atoms with Gasteiger partial charge in [0.2, 0.25) is 5.91 Å². The lowest BCUT2D eigenvalue weighted by Gasteiger charge is -2.17. The maximum absolute atomic E-state index is 12.3. The van der Waals surface area contributed by atoms with E-state index in [1.165, 1.54) is 10.9 Å². The number of aromatic nitrogens is 1. The predicted molar refractivity (Wildman–Crippen MR) is 98.9 cm³/mol. The Balaban J connectivity index is 1.50. The highest BCUT2D eigenvalue weighted by Crippen LogP contribution is 2.19. The average Bonchev–Trinajstić information content (AvgIpc) is 3.05. The molecule has 0 radical (unpaired) electrons. The third-order valence-corrected chi connectivity index (χ3v) is 4.44. The number of para-hydroxylation sites is 1. The fraction of sp³-hybridized carbons (Fsp3) is 0.238. The van der Waals surface area contributed by atoms with Gasteiger partial charge in [-0.25, -0.2) is 0 Å². The first-order valence-electron chi connectivity index (χ1n) is 8.45. The second kappa shape index (κ2) is 7.67. The molecule has 0 atom stereocenters. The Kier molecular flexibility index (Phi) is 5.15. The molecule has 126 valence electrons. The fourth-order valence-electron chi connectivity index (χ4n) is 3.01. The van der Waals surface area contributed by atoms with Crippen LogP contribution in [0.5, 0.6) is 0 Å². The summed E-state index contributed by atoms with van der Waals surface area (Å²) in [5, 5.41) is 10.1. The summed E-state index contributed by atoms with van der Waals surface area (Å²) in [6.07, 6.45) is 4.29. The number of hydrogen-bond donors (Lipinski definition) is 1. The monoisotopic (exact) mass is 331 g/mol. The Hall–Kier alpha value is -3.06. The molecular weight excluding hydrogens is 310 g/mol. The molecule has 0 aliphatic rings. The van der Waals surface area contributed by atoms with Gasteiger partial charge in [-0.05, 0) is 42.2 Å². The number of rotatable bonds is 6. The van der Waals surface area contributed by atoms with E-state index >= 15 is 0 Å². The van der Waals surface area contributed by atoms with Gasteiger partial charge in [0.05, 0.1) is 11.6 Å². The van der Waals surface area contributed by atoms with Crippen molar-refractivity contribution >= 4 is 16.8 Å². The van der Waals surface area contributed by atoms with Crippen molar-refractivity contribution in [2.75, 3.05) is 7.05 Å². The number of H-pyrrole nitrogens is 1. The lowest BCUT2D eigenvalue weighted by Crippen LogP contribution is -2.25. The SMILES string of the molecule is CN(Cc1ccc(C#N)cc1)C(=O)CCCc1c[nH]c2ccccc12. The summed E-state index contributed by atoms with van der Waals surface area (Å²) in [6, 6.07) is 17.7. The molecule has 0 aliphatic carbocycles. The minimum Gasteiger partial charge on any atom is -0.361 e. The second-order valence-electron chi connectivity index (χ2n) is 6.27. The van der Waals surface area contributed by atoms with Gasteiger partial charge in [0.1, 0.15) is 0 Å². The van der Waals surface area contributed by atoms with Crippen LogP contribution in [-0.4, -0.2) is 22.8 Å². The molecule has 0 spiro atoms. The highest BCUT2D eigenvalue weighted by atomic mass is 16.2. The fourth-order valence-corrected chi connectivity index (χ4v) is 3.01. The number of aryl methyl sites for hydroxylation is 1. The topological polar surface area (TPSA) is 59.9 Å². The van der Waals surface area contributed by atoms with Gasteiger partial charge >= 0.3 is 0 Å². The zero-order valence-electron chi connectivity index (χ0n) is 14.3. The quantitative estimate of drug-likeness (QED) is 0.741. The number of carbonyl (C=O) groups excluding carboxylic acids is 1. The molecule has 0 aliphatic heterocycles. The number of nitrogens with one attached hydrogen (secondary N) is 1. The van der Waals surface area contributed by atoms with Crippen LogP contribution in [0.15, 0.2) is 54.7 Å². The van der Waals surface area contributed by atoms with Gasteiger partial charge in [-0.15, -0.1) is 0 Å². The number of amides is 1. The minimum absolute atomic E-state index is 0.143. The van der Waals surface area contributed by atoms with Gasteiger partial charge in [-0.3, -0.25) is 4.79 Å². The lowest BCUT2D eigenvalue weighted by molar-refractivity contribution is -0.130. The van der Waals surface area contributed by atoms with Gasteiger partial charge in [0.25, 0.3) is 0 Å². The molecule has 0 bridgehead atoms. The van der Waals surface area contributed by atoms with E-state index in [9.17, 15) is 4.79 Å². The summed E-state index contributed by atoms with van der Waals surface area (Å²) in [5.74, 6) is 0.143. The zero-order chi connectivity index (χ0) is 17.6. The summed E-state index contributed by atoms with van der Waals surface area (Å²) < 4.78 is 0. The predicted octanol–water partition coefficient (Wildman–Crippen LogP) is 4.02. The first-order chi connectivity index (χ1) is 12.2. The molecule has 1 heterocycles. The van der Waals surface area contributed by atoms with Crippen LogP contribution in [0.1, 0.15) is 29.5 Å². The largest absolute Gasteiger partial charge is 0.361 e. The smallest absolute Gasteiger partial charge is 0.222 e. The van der Waals surface area contributed by atoms with Crippen molar-refractivity contribution in [2.45, 2.75) is 25.8 Å². The van der Waals surface area contributed by atoms with Gasteiger partial charge < -0.3 is 9.88 Å². The Morgan fingerprint density at radius 3 is 2.68 bits per heavy atom. The molecule has 3 aromatic rings. The van der Waals surface area contributed by atoms with E-state index in [1.807, 2.05) is 37.5 Å². The summed E-state index contributed by atoms with van der Waals surface area (Å²) >= 11 is 0. The van der Waals surface area contributed by atoms with E-state index in [4.69, 9.17) is 5.26 Å². The molecule has 4 heteroatoms. The molecule has 0 unspecified atom stereocenters. The third-order valence-electron chi connectivity index (χ3n) is 4.44. The van der Waals surface area contributed by atoms with E-state index in [2.05, 4.69) is 23.2 Å². The first-order valence-corrected chi connectivity index (χ1v) is 8.45. The molecule has 0 saturated carbocycles. The molecule has 1 N–H and O–H groups in total. The Morgan fingerprint density at radius 1 is 1.16 bits per heavy atom. The number of carbonyl (C=O) groups is 1. The number of benzene rings is 2. The van der Waals surface area contributed by atoms with Crippen LogP contribution >= 0.6 is 0 Å². The standard InChI is InChI=1S/C21H21N3O/c1-24(15-17-11-9-16(13-22)10-12-17)21(25)8-4-5-18-14-23-20-7-3-2-6-19(18)20/h2-3,6-7,9-12,14,23H,4-5,8,15H2,1H3. The van der Waals surface area contributed by atoms with Crippen molar-refractivity contribution in [1.29, 1.82) is 5.26 Å². The molecule has 4 nitrogen and oxygen atoms in total. The number of aromatic amines is 1. The summed E-state index contributed by atoms with van der Waals surface area (Å²) in [5.41, 5.74) is 4.07. The number of hydrogen-bond acceptors (Lipinski definition) is 2. The number of fused-ring (bicyclic) bond motifs is 1. The summed E-state index contributed by atoms with van der Waals surface area (Å²) in [6.45, 7) is 0.567. The van der Waals surface area contributed by atoms with Crippen molar-refractivity contribution in [3.05, 3.63) is 71.4 Å². The van der Waals surface area contributed by atoms with Crippen molar-refractivity contribution in [3.63, 3.8) is 0 Å². The third kappa shape index (κ3) is 4.07. The Bertz CT molecular complexity index is 903. The van der Waals surface area contributed by atoms with Crippen LogP contribution in [0.25, 0.3) is 10.9 Å². The van der Waals surface area contributed by atoms with Gasteiger partial charge in [0.15, 0.2) is 0 Å². The maximum Gasteiger partial charge on any atom is 0.222 e. The van der Waals surface area contributed by atoms with E-state index < -0.39 is 0 Å². The van der Waals surface area contributed by atoms with E-state index in [0.29, 0.717) is 18.5 Å². The molecular formula is C21H21N3O. The van der Waals surface area contributed by atoms with Crippen LogP contribution in [0.3, 0.4) is 0 Å². The summed E-state index contributed by atoms with van der Waals surface area (Å²) in [7, 11) is 1.83. The minimum atomic E-state index is 0.143. The number of nitriles is 1. The maximum atomic E-state index is 12.3. The van der Waals surface area contributed by atoms with Gasteiger partial charge in [-0.1, -0.05) is 30.3 Å². The average molecular weight is 331 g/mol. The van der Waals surface area contributed by atoms with Crippen LogP contribution in [-0.2, 0) is 17.8 Å². The van der Waals surface area contributed by atoms with Crippen molar-refractivity contribution < 1.29 is 4.79 Å². The highest BCUT2D eigenvalue weighted by Gasteiger charge is 2.10. The second-order valence-corrected chi connectivity index (χ2v) is 6.27. The lowest BCUT2D eigenvalue weighted by atomic mass is 10.1. The molecule has 25 heavy (non-hydrogen) atoms. The summed E-state index contributed by atoms with van der Waals surface area (Å²) in [4.78, 5) is 17.3. The van der Waals surface area contributed by atoms with Crippen molar-refractivity contribution in [2.24, 2.45) is 0 Å². The molecule has 2 aromatic carbocycles. The molecule has 3 rings (SSSR count). The number of nitrogens with zero attached hydrogens (tertiary/aromatic N) is 2. The highest BCUT2D eigenvalue weighted by molar-refractivity contribution is 5.83. The van der Waals surface area contributed by atoms with E-state index in [0.717, 1.165) is 23.9 Å². The van der Waals surface area contributed by atoms with Crippen LogP contribution < -0.4 is 0 Å². The van der Waals surface area contributed by atoms with Crippen molar-refractivity contribution in [1.82, 2.24) is 9.88 Å². The van der Waals surface area contributed by atoms with Crippen molar-refractivity contribution in [3.8, 4) is 6.07 Å². The van der Waals surface area contributed by atoms with E-state index in [-0.39, 0.29) is 5.91 Å². The molecule has 1 aromatic heterocycles. The van der Waals surface area contributed by atoms with Gasteiger partial charge in [0, 0.05) is 37.1 Å². The molecule has 0 saturated heterocycles.